The highest BCUT2D eigenvalue weighted by atomic mass is 16.3. The van der Waals surface area contributed by atoms with E-state index in [4.69, 9.17) is 4.42 Å². The molecule has 0 bridgehead atoms. The third kappa shape index (κ3) is 2.88. The van der Waals surface area contributed by atoms with Crippen molar-refractivity contribution in [2.24, 2.45) is 0 Å². The van der Waals surface area contributed by atoms with Crippen LogP contribution in [0.25, 0.3) is 0 Å². The van der Waals surface area contributed by atoms with Crippen LogP contribution in [0.2, 0.25) is 0 Å². The molecule has 1 aliphatic rings. The van der Waals surface area contributed by atoms with Crippen molar-refractivity contribution in [1.29, 1.82) is 0 Å². The van der Waals surface area contributed by atoms with E-state index in [-0.39, 0.29) is 0 Å². The zero-order chi connectivity index (χ0) is 13.1. The van der Waals surface area contributed by atoms with Crippen LogP contribution in [0, 0.1) is 6.92 Å². The van der Waals surface area contributed by atoms with Crippen LogP contribution in [0.4, 0.5) is 0 Å². The molecular formula is C16H20N2O. The lowest BCUT2D eigenvalue weighted by Gasteiger charge is -2.27. The van der Waals surface area contributed by atoms with E-state index in [9.17, 15) is 0 Å². The summed E-state index contributed by atoms with van der Waals surface area (Å²) in [6, 6.07) is 13.1. The third-order valence-electron chi connectivity index (χ3n) is 3.66. The molecule has 19 heavy (non-hydrogen) atoms. The maximum Gasteiger partial charge on any atom is 0.117 e. The molecule has 100 valence electrons. The number of furan rings is 1. The fourth-order valence-corrected chi connectivity index (χ4v) is 2.69. The average Bonchev–Trinajstić information content (AvgIpc) is 2.85. The van der Waals surface area contributed by atoms with Gasteiger partial charge in [-0.2, -0.15) is 0 Å². The Kier molecular flexibility index (Phi) is 3.67. The first-order valence-corrected chi connectivity index (χ1v) is 6.90. The van der Waals surface area contributed by atoms with Gasteiger partial charge in [-0.3, -0.25) is 0 Å². The van der Waals surface area contributed by atoms with Crippen LogP contribution in [0.5, 0.6) is 0 Å². The molecule has 2 aromatic rings. The normalized spacial score (nSPS) is 18.3. The molecule has 0 aliphatic carbocycles. The molecule has 0 saturated heterocycles. The smallest absolute Gasteiger partial charge is 0.117 e. The summed E-state index contributed by atoms with van der Waals surface area (Å²) >= 11 is 0. The molecule has 1 unspecified atom stereocenters. The zero-order valence-electron chi connectivity index (χ0n) is 11.3. The van der Waals surface area contributed by atoms with Crippen LogP contribution in [-0.4, -0.2) is 13.1 Å². The first-order chi connectivity index (χ1) is 9.33. The molecule has 3 heteroatoms. The standard InChI is InChI=1S/C16H20N2O/c1-12-6-7-14(19-12)10-17-11-16-15-5-3-2-4-13(15)8-9-18-16/h2-7,16-18H,8-11H2,1H3. The molecule has 0 saturated carbocycles. The van der Waals surface area contributed by atoms with Crippen molar-refractivity contribution in [3.8, 4) is 0 Å². The Labute approximate surface area is 114 Å². The number of hydrogen-bond acceptors (Lipinski definition) is 3. The molecule has 0 spiro atoms. The molecule has 2 heterocycles. The van der Waals surface area contributed by atoms with Crippen LogP contribution in [-0.2, 0) is 13.0 Å². The van der Waals surface area contributed by atoms with Crippen LogP contribution in [0.15, 0.2) is 40.8 Å². The van der Waals surface area contributed by atoms with Crippen LogP contribution in [0.1, 0.15) is 28.7 Å². The van der Waals surface area contributed by atoms with E-state index >= 15 is 0 Å². The summed E-state index contributed by atoms with van der Waals surface area (Å²) in [6.07, 6.45) is 1.13. The van der Waals surface area contributed by atoms with Crippen molar-refractivity contribution >= 4 is 0 Å². The maximum absolute atomic E-state index is 5.56. The second-order valence-electron chi connectivity index (χ2n) is 5.10. The van der Waals surface area contributed by atoms with Gasteiger partial charge in [-0.05, 0) is 43.1 Å². The predicted octanol–water partition coefficient (Wildman–Crippen LogP) is 2.56. The van der Waals surface area contributed by atoms with E-state index in [1.54, 1.807) is 0 Å². The minimum absolute atomic E-state index is 0.404. The fourth-order valence-electron chi connectivity index (χ4n) is 2.69. The minimum Gasteiger partial charge on any atom is -0.465 e. The van der Waals surface area contributed by atoms with E-state index in [2.05, 4.69) is 34.9 Å². The van der Waals surface area contributed by atoms with E-state index < -0.39 is 0 Å². The Morgan fingerprint density at radius 3 is 3.00 bits per heavy atom. The number of hydrogen-bond donors (Lipinski definition) is 2. The number of benzene rings is 1. The summed E-state index contributed by atoms with van der Waals surface area (Å²) in [6.45, 7) is 4.75. The van der Waals surface area contributed by atoms with E-state index in [0.717, 1.165) is 37.6 Å². The van der Waals surface area contributed by atoms with Gasteiger partial charge in [0.15, 0.2) is 0 Å². The summed E-state index contributed by atoms with van der Waals surface area (Å²) in [4.78, 5) is 0. The summed E-state index contributed by atoms with van der Waals surface area (Å²) in [5.41, 5.74) is 2.90. The Balaban J connectivity index is 1.59. The van der Waals surface area contributed by atoms with Gasteiger partial charge in [0.05, 0.1) is 6.54 Å². The lowest BCUT2D eigenvalue weighted by Crippen LogP contribution is -2.36. The van der Waals surface area contributed by atoms with E-state index in [0.29, 0.717) is 6.04 Å². The topological polar surface area (TPSA) is 37.2 Å². The van der Waals surface area contributed by atoms with Gasteiger partial charge in [0, 0.05) is 12.6 Å². The molecule has 0 radical (unpaired) electrons. The fraction of sp³-hybridized carbons (Fsp3) is 0.375. The second kappa shape index (κ2) is 5.59. The molecule has 0 amide bonds. The van der Waals surface area contributed by atoms with Crippen molar-refractivity contribution in [2.75, 3.05) is 13.1 Å². The molecule has 1 aromatic heterocycles. The van der Waals surface area contributed by atoms with Gasteiger partial charge in [0.1, 0.15) is 11.5 Å². The Hall–Kier alpha value is -1.58. The van der Waals surface area contributed by atoms with Crippen LogP contribution < -0.4 is 10.6 Å². The molecule has 1 atom stereocenters. The Morgan fingerprint density at radius 2 is 2.16 bits per heavy atom. The first kappa shape index (κ1) is 12.5. The highest BCUT2D eigenvalue weighted by Crippen LogP contribution is 2.21. The van der Waals surface area contributed by atoms with Crippen LogP contribution in [0.3, 0.4) is 0 Å². The summed E-state index contributed by atoms with van der Waals surface area (Å²) in [5.74, 6) is 1.97. The minimum atomic E-state index is 0.404. The highest BCUT2D eigenvalue weighted by molar-refractivity contribution is 5.32. The Morgan fingerprint density at radius 1 is 1.26 bits per heavy atom. The number of aryl methyl sites for hydroxylation is 1. The van der Waals surface area contributed by atoms with Crippen molar-refractivity contribution < 1.29 is 4.42 Å². The monoisotopic (exact) mass is 256 g/mol. The van der Waals surface area contributed by atoms with E-state index in [1.165, 1.54) is 11.1 Å². The van der Waals surface area contributed by atoms with Gasteiger partial charge in [0.25, 0.3) is 0 Å². The number of fused-ring (bicyclic) bond motifs is 1. The molecule has 3 nitrogen and oxygen atoms in total. The average molecular weight is 256 g/mol. The van der Waals surface area contributed by atoms with Crippen molar-refractivity contribution in [1.82, 2.24) is 10.6 Å². The lowest BCUT2D eigenvalue weighted by molar-refractivity contribution is 0.429. The largest absolute Gasteiger partial charge is 0.465 e. The number of rotatable bonds is 4. The van der Waals surface area contributed by atoms with Crippen molar-refractivity contribution in [3.63, 3.8) is 0 Å². The molecule has 2 N–H and O–H groups in total. The SMILES string of the molecule is Cc1ccc(CNCC2NCCc3ccccc32)o1. The van der Waals surface area contributed by atoms with Crippen molar-refractivity contribution in [3.05, 3.63) is 59.0 Å². The zero-order valence-corrected chi connectivity index (χ0v) is 11.3. The van der Waals surface area contributed by atoms with Gasteiger partial charge in [-0.25, -0.2) is 0 Å². The maximum atomic E-state index is 5.56. The lowest BCUT2D eigenvalue weighted by atomic mass is 9.94. The Bertz CT molecular complexity index is 547. The van der Waals surface area contributed by atoms with Gasteiger partial charge < -0.3 is 15.1 Å². The van der Waals surface area contributed by atoms with Crippen LogP contribution >= 0.6 is 0 Å². The summed E-state index contributed by atoms with van der Waals surface area (Å²) in [5, 5.41) is 7.04. The van der Waals surface area contributed by atoms with Gasteiger partial charge in [0.2, 0.25) is 0 Å². The van der Waals surface area contributed by atoms with Gasteiger partial charge in [-0.15, -0.1) is 0 Å². The molecule has 1 aliphatic heterocycles. The molecular weight excluding hydrogens is 236 g/mol. The second-order valence-corrected chi connectivity index (χ2v) is 5.10. The first-order valence-electron chi connectivity index (χ1n) is 6.90. The molecule has 0 fully saturated rings. The van der Waals surface area contributed by atoms with Crippen molar-refractivity contribution in [2.45, 2.75) is 25.9 Å². The summed E-state index contributed by atoms with van der Waals surface area (Å²) < 4.78 is 5.56. The van der Waals surface area contributed by atoms with E-state index in [1.807, 2.05) is 19.1 Å². The number of nitrogens with one attached hydrogen (secondary N) is 2. The predicted molar refractivity (Wildman–Crippen MR) is 76.0 cm³/mol. The molecule has 3 rings (SSSR count). The summed E-state index contributed by atoms with van der Waals surface area (Å²) in [7, 11) is 0. The quantitative estimate of drug-likeness (QED) is 0.883. The van der Waals surface area contributed by atoms with Gasteiger partial charge in [-0.1, -0.05) is 24.3 Å². The van der Waals surface area contributed by atoms with Gasteiger partial charge >= 0.3 is 0 Å². The highest BCUT2D eigenvalue weighted by Gasteiger charge is 2.18. The molecule has 1 aromatic carbocycles. The third-order valence-corrected chi connectivity index (χ3v) is 3.66.